The Labute approximate surface area is 99.8 Å². The van der Waals surface area contributed by atoms with E-state index < -0.39 is 5.41 Å². The summed E-state index contributed by atoms with van der Waals surface area (Å²) in [6.45, 7) is 4.29. The van der Waals surface area contributed by atoms with Crippen LogP contribution in [0, 0.1) is 16.7 Å². The average molecular weight is 243 g/mol. The van der Waals surface area contributed by atoms with E-state index in [0.29, 0.717) is 16.6 Å². The smallest absolute Gasteiger partial charge is 0.0702 e. The lowest BCUT2D eigenvalue weighted by Gasteiger charge is -2.17. The molecule has 0 heterocycles. The van der Waals surface area contributed by atoms with Gasteiger partial charge in [-0.25, -0.2) is 0 Å². The third-order valence-corrected chi connectivity index (χ3v) is 2.34. The van der Waals surface area contributed by atoms with Gasteiger partial charge in [0.1, 0.15) is 0 Å². The third-order valence-electron chi connectivity index (χ3n) is 1.90. The normalized spacial score (nSPS) is 10.9. The Morgan fingerprint density at radius 3 is 2.27 bits per heavy atom. The predicted octanol–water partition coefficient (Wildman–Crippen LogP) is 3.96. The molecule has 15 heavy (non-hydrogen) atoms. The minimum absolute atomic E-state index is 0.408. The van der Waals surface area contributed by atoms with E-state index in [1.165, 1.54) is 0 Å². The minimum atomic E-state index is -0.408. The van der Waals surface area contributed by atoms with E-state index in [1.54, 1.807) is 18.2 Å². The van der Waals surface area contributed by atoms with Crippen LogP contribution in [-0.4, -0.2) is 6.54 Å². The zero-order chi connectivity index (χ0) is 11.5. The van der Waals surface area contributed by atoms with E-state index in [-0.39, 0.29) is 0 Å². The lowest BCUT2D eigenvalue weighted by Crippen LogP contribution is -2.20. The minimum Gasteiger partial charge on any atom is -0.383 e. The van der Waals surface area contributed by atoms with Crippen LogP contribution in [0.4, 0.5) is 5.69 Å². The van der Waals surface area contributed by atoms with Crippen LogP contribution >= 0.6 is 23.2 Å². The number of halogens is 2. The number of anilines is 1. The Hall–Kier alpha value is -0.910. The number of nitrogens with one attached hydrogen (secondary N) is 1. The van der Waals surface area contributed by atoms with Gasteiger partial charge in [-0.2, -0.15) is 5.26 Å². The summed E-state index contributed by atoms with van der Waals surface area (Å²) in [5, 5.41) is 13.1. The molecule has 0 bridgehead atoms. The Morgan fingerprint density at radius 2 is 1.80 bits per heavy atom. The highest BCUT2D eigenvalue weighted by atomic mass is 35.5. The maximum Gasteiger partial charge on any atom is 0.0702 e. The van der Waals surface area contributed by atoms with E-state index in [1.807, 2.05) is 13.8 Å². The van der Waals surface area contributed by atoms with Crippen LogP contribution < -0.4 is 5.32 Å². The maximum atomic E-state index is 8.84. The van der Waals surface area contributed by atoms with Gasteiger partial charge in [0.25, 0.3) is 0 Å². The van der Waals surface area contributed by atoms with Crippen LogP contribution in [-0.2, 0) is 0 Å². The van der Waals surface area contributed by atoms with Crippen molar-refractivity contribution in [1.82, 2.24) is 0 Å². The molecule has 0 fully saturated rings. The van der Waals surface area contributed by atoms with Crippen molar-refractivity contribution in [1.29, 1.82) is 5.26 Å². The summed E-state index contributed by atoms with van der Waals surface area (Å²) in [4.78, 5) is 0. The molecule has 0 unspecified atom stereocenters. The molecule has 1 rings (SSSR count). The van der Waals surface area contributed by atoms with Crippen molar-refractivity contribution in [3.05, 3.63) is 28.2 Å². The average Bonchev–Trinajstić information content (AvgIpc) is 2.14. The van der Waals surface area contributed by atoms with Gasteiger partial charge < -0.3 is 5.32 Å². The molecule has 0 saturated heterocycles. The van der Waals surface area contributed by atoms with Gasteiger partial charge in [0.05, 0.1) is 11.5 Å². The lowest BCUT2D eigenvalue weighted by atomic mass is 9.96. The SMILES string of the molecule is CC(C)(C#N)CNc1cc(Cl)cc(Cl)c1. The van der Waals surface area contributed by atoms with Crippen molar-refractivity contribution >= 4 is 28.9 Å². The summed E-state index contributed by atoms with van der Waals surface area (Å²) in [6.07, 6.45) is 0. The van der Waals surface area contributed by atoms with Crippen LogP contribution in [0.3, 0.4) is 0 Å². The number of benzene rings is 1. The van der Waals surface area contributed by atoms with Crippen molar-refractivity contribution in [2.45, 2.75) is 13.8 Å². The monoisotopic (exact) mass is 242 g/mol. The van der Waals surface area contributed by atoms with E-state index in [4.69, 9.17) is 28.5 Å². The summed E-state index contributed by atoms with van der Waals surface area (Å²) in [7, 11) is 0. The molecule has 0 aliphatic carbocycles. The molecule has 0 atom stereocenters. The summed E-state index contributed by atoms with van der Waals surface area (Å²) in [6, 6.07) is 7.44. The molecule has 0 aliphatic rings. The van der Waals surface area contributed by atoms with Crippen LogP contribution in [0.1, 0.15) is 13.8 Å². The second-order valence-corrected chi connectivity index (χ2v) is 4.88. The standard InChI is InChI=1S/C11H12Cl2N2/c1-11(2,6-14)7-15-10-4-8(12)3-9(13)5-10/h3-5,15H,7H2,1-2H3. The number of rotatable bonds is 3. The zero-order valence-electron chi connectivity index (χ0n) is 8.64. The van der Waals surface area contributed by atoms with Gasteiger partial charge in [-0.1, -0.05) is 23.2 Å². The highest BCUT2D eigenvalue weighted by molar-refractivity contribution is 6.35. The van der Waals surface area contributed by atoms with Gasteiger partial charge in [-0.15, -0.1) is 0 Å². The van der Waals surface area contributed by atoms with Crippen LogP contribution in [0.2, 0.25) is 10.0 Å². The third kappa shape index (κ3) is 3.99. The van der Waals surface area contributed by atoms with Crippen molar-refractivity contribution in [3.8, 4) is 6.07 Å². The van der Waals surface area contributed by atoms with Gasteiger partial charge in [-0.05, 0) is 32.0 Å². The summed E-state index contributed by atoms with van der Waals surface area (Å²) in [5.41, 5.74) is 0.422. The molecular weight excluding hydrogens is 231 g/mol. The highest BCUT2D eigenvalue weighted by Crippen LogP contribution is 2.23. The quantitative estimate of drug-likeness (QED) is 0.872. The van der Waals surface area contributed by atoms with Crippen molar-refractivity contribution < 1.29 is 0 Å². The molecule has 4 heteroatoms. The van der Waals surface area contributed by atoms with E-state index in [0.717, 1.165) is 5.69 Å². The molecule has 2 nitrogen and oxygen atoms in total. The fourth-order valence-corrected chi connectivity index (χ4v) is 1.54. The van der Waals surface area contributed by atoms with Gasteiger partial charge in [0, 0.05) is 22.3 Å². The Bertz CT molecular complexity index is 374. The molecule has 1 N–H and O–H groups in total. The molecule has 0 saturated carbocycles. The first-order valence-corrected chi connectivity index (χ1v) is 5.30. The Balaban J connectivity index is 2.71. The van der Waals surface area contributed by atoms with Gasteiger partial charge in [0.2, 0.25) is 0 Å². The first kappa shape index (κ1) is 12.2. The maximum absolute atomic E-state index is 8.84. The lowest BCUT2D eigenvalue weighted by molar-refractivity contribution is 0.529. The topological polar surface area (TPSA) is 35.8 Å². The summed E-state index contributed by atoms with van der Waals surface area (Å²) >= 11 is 11.7. The molecule has 1 aromatic carbocycles. The Kier molecular flexibility index (Phi) is 3.84. The van der Waals surface area contributed by atoms with Crippen LogP contribution in [0.15, 0.2) is 18.2 Å². The van der Waals surface area contributed by atoms with Gasteiger partial charge in [0.15, 0.2) is 0 Å². The molecule has 0 spiro atoms. The van der Waals surface area contributed by atoms with Crippen LogP contribution in [0.5, 0.6) is 0 Å². The largest absolute Gasteiger partial charge is 0.383 e. The molecule has 0 aliphatic heterocycles. The van der Waals surface area contributed by atoms with E-state index >= 15 is 0 Å². The zero-order valence-corrected chi connectivity index (χ0v) is 10.2. The van der Waals surface area contributed by atoms with Crippen molar-refractivity contribution in [2.75, 3.05) is 11.9 Å². The molecule has 1 aromatic rings. The van der Waals surface area contributed by atoms with Crippen molar-refractivity contribution in [2.24, 2.45) is 5.41 Å². The molecule has 0 radical (unpaired) electrons. The number of nitrogens with zero attached hydrogens (tertiary/aromatic N) is 1. The fraction of sp³-hybridized carbons (Fsp3) is 0.364. The van der Waals surface area contributed by atoms with E-state index in [9.17, 15) is 0 Å². The van der Waals surface area contributed by atoms with Crippen LogP contribution in [0.25, 0.3) is 0 Å². The second kappa shape index (κ2) is 4.74. The Morgan fingerprint density at radius 1 is 1.27 bits per heavy atom. The number of hydrogen-bond donors (Lipinski definition) is 1. The molecule has 0 aromatic heterocycles. The number of nitriles is 1. The fourth-order valence-electron chi connectivity index (χ4n) is 1.02. The first-order valence-electron chi connectivity index (χ1n) is 4.54. The molecule has 80 valence electrons. The molecule has 0 amide bonds. The van der Waals surface area contributed by atoms with E-state index in [2.05, 4.69) is 11.4 Å². The summed E-state index contributed by atoms with van der Waals surface area (Å²) < 4.78 is 0. The predicted molar refractivity (Wildman–Crippen MR) is 64.3 cm³/mol. The summed E-state index contributed by atoms with van der Waals surface area (Å²) in [5.74, 6) is 0. The molecular formula is C11H12Cl2N2. The highest BCUT2D eigenvalue weighted by Gasteiger charge is 2.15. The second-order valence-electron chi connectivity index (χ2n) is 4.01. The number of hydrogen-bond acceptors (Lipinski definition) is 2. The first-order chi connectivity index (χ1) is 6.93. The van der Waals surface area contributed by atoms with Gasteiger partial charge in [-0.3, -0.25) is 0 Å². The van der Waals surface area contributed by atoms with Gasteiger partial charge >= 0.3 is 0 Å². The van der Waals surface area contributed by atoms with Crippen molar-refractivity contribution in [3.63, 3.8) is 0 Å².